The molecule has 0 spiro atoms. The van der Waals surface area contributed by atoms with Crippen molar-refractivity contribution in [1.29, 1.82) is 0 Å². The molecule has 0 amide bonds. The molecule has 2 aromatic rings. The van der Waals surface area contributed by atoms with Crippen molar-refractivity contribution in [1.82, 2.24) is 15.3 Å². The Hall–Kier alpha value is -1.52. The van der Waals surface area contributed by atoms with E-state index in [0.29, 0.717) is 6.04 Å². The summed E-state index contributed by atoms with van der Waals surface area (Å²) in [6, 6.07) is 6.57. The van der Waals surface area contributed by atoms with Gasteiger partial charge in [-0.15, -0.1) is 0 Å². The highest BCUT2D eigenvalue weighted by Crippen LogP contribution is 2.25. The van der Waals surface area contributed by atoms with Crippen molar-refractivity contribution in [2.24, 2.45) is 0 Å². The van der Waals surface area contributed by atoms with Crippen LogP contribution >= 0.6 is 0 Å². The molecule has 1 heterocycles. The van der Waals surface area contributed by atoms with Crippen molar-refractivity contribution in [3.63, 3.8) is 0 Å². The molecule has 1 unspecified atom stereocenters. The zero-order chi connectivity index (χ0) is 14.6. The summed E-state index contributed by atoms with van der Waals surface area (Å²) in [6.45, 7) is 4.23. The fourth-order valence-corrected chi connectivity index (χ4v) is 2.27. The van der Waals surface area contributed by atoms with E-state index in [1.165, 1.54) is 5.56 Å². The normalized spacial score (nSPS) is 13.6. The van der Waals surface area contributed by atoms with E-state index in [4.69, 9.17) is 4.74 Å². The number of ether oxygens (including phenoxy) is 1. The molecule has 2 rings (SSSR count). The molecule has 1 aromatic heterocycles. The van der Waals surface area contributed by atoms with Gasteiger partial charge >= 0.3 is 0 Å². The van der Waals surface area contributed by atoms with Crippen LogP contribution in [0, 0.1) is 0 Å². The number of rotatable bonds is 6. The fourth-order valence-electron chi connectivity index (χ4n) is 2.27. The van der Waals surface area contributed by atoms with Crippen LogP contribution in [0.25, 0.3) is 11.0 Å². The Morgan fingerprint density at radius 1 is 1.20 bits per heavy atom. The van der Waals surface area contributed by atoms with Crippen LogP contribution in [0.15, 0.2) is 30.6 Å². The molecule has 1 aromatic carbocycles. The summed E-state index contributed by atoms with van der Waals surface area (Å²) in [4.78, 5) is 8.67. The number of fused-ring (bicyclic) bond motifs is 1. The Bertz CT molecular complexity index is 568. The van der Waals surface area contributed by atoms with Gasteiger partial charge in [0.1, 0.15) is 0 Å². The quantitative estimate of drug-likeness (QED) is 0.878. The zero-order valence-corrected chi connectivity index (χ0v) is 12.7. The van der Waals surface area contributed by atoms with E-state index in [2.05, 4.69) is 41.3 Å². The molecular weight excluding hydrogens is 250 g/mol. The number of hydrogen-bond acceptors (Lipinski definition) is 4. The summed E-state index contributed by atoms with van der Waals surface area (Å²) < 4.78 is 5.49. The van der Waals surface area contributed by atoms with Gasteiger partial charge in [0.25, 0.3) is 0 Å². The summed E-state index contributed by atoms with van der Waals surface area (Å²) in [5.41, 5.74) is 3.03. The van der Waals surface area contributed by atoms with Gasteiger partial charge in [0.05, 0.1) is 16.6 Å². The Balaban J connectivity index is 2.17. The average Bonchev–Trinajstić information content (AvgIpc) is 2.47. The largest absolute Gasteiger partial charge is 0.379 e. The Morgan fingerprint density at radius 2 is 1.90 bits per heavy atom. The SMILES string of the molecule is CNC(CCC(C)(C)OC)c1ccc2nccnc2c1. The highest BCUT2D eigenvalue weighted by molar-refractivity contribution is 5.74. The minimum Gasteiger partial charge on any atom is -0.379 e. The van der Waals surface area contributed by atoms with Gasteiger partial charge in [-0.3, -0.25) is 9.97 Å². The first-order chi connectivity index (χ1) is 9.55. The van der Waals surface area contributed by atoms with Crippen LogP contribution < -0.4 is 5.32 Å². The summed E-state index contributed by atoms with van der Waals surface area (Å²) in [5, 5.41) is 3.38. The number of benzene rings is 1. The third-order valence-corrected chi connectivity index (χ3v) is 3.83. The molecule has 0 saturated carbocycles. The number of hydrogen-bond donors (Lipinski definition) is 1. The van der Waals surface area contributed by atoms with Crippen molar-refractivity contribution in [2.75, 3.05) is 14.2 Å². The van der Waals surface area contributed by atoms with Gasteiger partial charge in [-0.25, -0.2) is 0 Å². The molecule has 1 N–H and O–H groups in total. The molecule has 0 bridgehead atoms. The molecule has 0 aliphatic carbocycles. The maximum Gasteiger partial charge on any atom is 0.0890 e. The topological polar surface area (TPSA) is 47.0 Å². The van der Waals surface area contributed by atoms with Crippen molar-refractivity contribution in [2.45, 2.75) is 38.3 Å². The van der Waals surface area contributed by atoms with E-state index in [9.17, 15) is 0 Å². The van der Waals surface area contributed by atoms with Gasteiger partial charge in [-0.1, -0.05) is 6.07 Å². The van der Waals surface area contributed by atoms with E-state index in [0.717, 1.165) is 23.9 Å². The molecule has 0 radical (unpaired) electrons. The van der Waals surface area contributed by atoms with Crippen LogP contribution in [-0.4, -0.2) is 29.7 Å². The van der Waals surface area contributed by atoms with E-state index in [-0.39, 0.29) is 5.60 Å². The molecule has 0 fully saturated rings. The number of methoxy groups -OCH3 is 1. The predicted octanol–water partition coefficient (Wildman–Crippen LogP) is 3.10. The number of nitrogens with one attached hydrogen (secondary N) is 1. The monoisotopic (exact) mass is 273 g/mol. The lowest BCUT2D eigenvalue weighted by atomic mass is 9.94. The first kappa shape index (κ1) is 14.9. The second-order valence-corrected chi connectivity index (χ2v) is 5.65. The molecule has 0 aliphatic rings. The zero-order valence-electron chi connectivity index (χ0n) is 12.7. The lowest BCUT2D eigenvalue weighted by Crippen LogP contribution is -2.26. The Morgan fingerprint density at radius 3 is 2.55 bits per heavy atom. The fraction of sp³-hybridized carbons (Fsp3) is 0.500. The van der Waals surface area contributed by atoms with Gasteiger partial charge in [-0.2, -0.15) is 0 Å². The van der Waals surface area contributed by atoms with Crippen LogP contribution in [0.3, 0.4) is 0 Å². The van der Waals surface area contributed by atoms with E-state index in [1.807, 2.05) is 13.1 Å². The highest BCUT2D eigenvalue weighted by atomic mass is 16.5. The number of aromatic nitrogens is 2. The molecular formula is C16H23N3O. The minimum atomic E-state index is -0.0915. The minimum absolute atomic E-state index is 0.0915. The van der Waals surface area contributed by atoms with Crippen LogP contribution in [-0.2, 0) is 4.74 Å². The molecule has 108 valence electrons. The highest BCUT2D eigenvalue weighted by Gasteiger charge is 2.19. The van der Waals surface area contributed by atoms with Gasteiger partial charge in [0.2, 0.25) is 0 Å². The third-order valence-electron chi connectivity index (χ3n) is 3.83. The molecule has 20 heavy (non-hydrogen) atoms. The smallest absolute Gasteiger partial charge is 0.0890 e. The Kier molecular flexibility index (Phi) is 4.68. The maximum absolute atomic E-state index is 5.49. The Labute approximate surface area is 120 Å². The van der Waals surface area contributed by atoms with Crippen molar-refractivity contribution < 1.29 is 4.74 Å². The van der Waals surface area contributed by atoms with Crippen LogP contribution in [0.1, 0.15) is 38.3 Å². The van der Waals surface area contributed by atoms with Gasteiger partial charge in [0.15, 0.2) is 0 Å². The molecule has 4 nitrogen and oxygen atoms in total. The standard InChI is InChI=1S/C16H23N3O/c1-16(2,20-4)8-7-13(17-3)12-5-6-14-15(11-12)19-10-9-18-14/h5-6,9-11,13,17H,7-8H2,1-4H3. The summed E-state index contributed by atoms with van der Waals surface area (Å²) in [7, 11) is 3.76. The first-order valence-electron chi connectivity index (χ1n) is 6.99. The third kappa shape index (κ3) is 3.52. The second-order valence-electron chi connectivity index (χ2n) is 5.65. The molecule has 0 aliphatic heterocycles. The number of nitrogens with zero attached hydrogens (tertiary/aromatic N) is 2. The van der Waals surface area contributed by atoms with E-state index < -0.39 is 0 Å². The van der Waals surface area contributed by atoms with E-state index in [1.54, 1.807) is 19.5 Å². The van der Waals surface area contributed by atoms with Crippen molar-refractivity contribution in [3.05, 3.63) is 36.2 Å². The summed E-state index contributed by atoms with van der Waals surface area (Å²) in [6.07, 6.45) is 5.46. The molecule has 4 heteroatoms. The van der Waals surface area contributed by atoms with Crippen LogP contribution in [0.5, 0.6) is 0 Å². The van der Waals surface area contributed by atoms with Crippen LogP contribution in [0.2, 0.25) is 0 Å². The van der Waals surface area contributed by atoms with Gasteiger partial charge in [0, 0.05) is 25.5 Å². The summed E-state index contributed by atoms with van der Waals surface area (Å²) in [5.74, 6) is 0. The lowest BCUT2D eigenvalue weighted by Gasteiger charge is -2.26. The van der Waals surface area contributed by atoms with Crippen molar-refractivity contribution in [3.8, 4) is 0 Å². The predicted molar refractivity (Wildman–Crippen MR) is 81.7 cm³/mol. The van der Waals surface area contributed by atoms with Crippen molar-refractivity contribution >= 4 is 11.0 Å². The average molecular weight is 273 g/mol. The van der Waals surface area contributed by atoms with E-state index >= 15 is 0 Å². The molecule has 0 saturated heterocycles. The first-order valence-corrected chi connectivity index (χ1v) is 6.99. The molecule has 1 atom stereocenters. The lowest BCUT2D eigenvalue weighted by molar-refractivity contribution is 0.0118. The second kappa shape index (κ2) is 6.29. The maximum atomic E-state index is 5.49. The summed E-state index contributed by atoms with van der Waals surface area (Å²) >= 11 is 0. The van der Waals surface area contributed by atoms with Gasteiger partial charge in [-0.05, 0) is 51.4 Å². The van der Waals surface area contributed by atoms with Gasteiger partial charge < -0.3 is 10.1 Å². The van der Waals surface area contributed by atoms with Crippen LogP contribution in [0.4, 0.5) is 0 Å².